The van der Waals surface area contributed by atoms with Gasteiger partial charge in [0, 0.05) is 37.6 Å². The van der Waals surface area contributed by atoms with Crippen LogP contribution in [0.15, 0.2) is 60.9 Å². The number of nitrogens with zero attached hydrogens (tertiary/aromatic N) is 2. The molecule has 2 aliphatic rings. The third-order valence-electron chi connectivity index (χ3n) is 8.43. The monoisotopic (exact) mass is 665 g/mol. The maximum atomic E-state index is 13.7. The number of anilines is 2. The van der Waals surface area contributed by atoms with Crippen LogP contribution in [0.25, 0.3) is 0 Å². The molecule has 0 bridgehead atoms. The molecule has 1 unspecified atom stereocenters. The van der Waals surface area contributed by atoms with Crippen LogP contribution >= 0.6 is 23.2 Å². The van der Waals surface area contributed by atoms with Gasteiger partial charge in [0.1, 0.15) is 6.04 Å². The summed E-state index contributed by atoms with van der Waals surface area (Å²) in [6.07, 6.45) is 10.4. The normalized spacial score (nSPS) is 15.4. The number of hydrogen-bond acceptors (Lipinski definition) is 5. The van der Waals surface area contributed by atoms with Gasteiger partial charge in [-0.3, -0.25) is 19.5 Å². The Kier molecular flexibility index (Phi) is 11.1. The number of rotatable bonds is 12. The van der Waals surface area contributed by atoms with Gasteiger partial charge in [-0.05, 0) is 67.3 Å². The Morgan fingerprint density at radius 3 is 2.20 bits per heavy atom. The van der Waals surface area contributed by atoms with Crippen LogP contribution in [-0.2, 0) is 11.2 Å². The summed E-state index contributed by atoms with van der Waals surface area (Å²) in [5.41, 5.74) is 2.00. The van der Waals surface area contributed by atoms with Crippen LogP contribution in [0.2, 0.25) is 10.0 Å². The minimum absolute atomic E-state index is 0.00188. The van der Waals surface area contributed by atoms with Crippen molar-refractivity contribution in [2.24, 2.45) is 11.8 Å². The van der Waals surface area contributed by atoms with Crippen molar-refractivity contribution in [1.29, 1.82) is 0 Å². The highest BCUT2D eigenvalue weighted by molar-refractivity contribution is 6.40. The van der Waals surface area contributed by atoms with Crippen LogP contribution in [0.4, 0.5) is 16.2 Å². The van der Waals surface area contributed by atoms with Gasteiger partial charge in [-0.25, -0.2) is 9.59 Å². The van der Waals surface area contributed by atoms with E-state index < -0.39 is 23.9 Å². The number of aromatic nitrogens is 1. The molecule has 2 aliphatic carbocycles. The summed E-state index contributed by atoms with van der Waals surface area (Å²) in [6, 6.07) is 11.7. The second-order valence-corrected chi connectivity index (χ2v) is 12.8. The van der Waals surface area contributed by atoms with Gasteiger partial charge in [-0.15, -0.1) is 0 Å². The van der Waals surface area contributed by atoms with Gasteiger partial charge in [0.15, 0.2) is 0 Å². The predicted octanol–water partition coefficient (Wildman–Crippen LogP) is 6.57. The largest absolute Gasteiger partial charge is 0.480 e. The molecule has 5 rings (SSSR count). The van der Waals surface area contributed by atoms with Crippen LogP contribution in [0.5, 0.6) is 0 Å². The van der Waals surface area contributed by atoms with E-state index in [1.807, 2.05) is 0 Å². The second kappa shape index (κ2) is 15.4. The van der Waals surface area contributed by atoms with Crippen molar-refractivity contribution in [2.45, 2.75) is 57.4 Å². The molecule has 0 radical (unpaired) electrons. The summed E-state index contributed by atoms with van der Waals surface area (Å²) in [5.74, 6) is -1.22. The van der Waals surface area contributed by atoms with Gasteiger partial charge in [0.2, 0.25) is 0 Å². The summed E-state index contributed by atoms with van der Waals surface area (Å²) in [7, 11) is 0. The number of carboxylic acid groups (broad SMARTS) is 1. The zero-order valence-corrected chi connectivity index (χ0v) is 26.8. The lowest BCUT2D eigenvalue weighted by Crippen LogP contribution is -2.50. The van der Waals surface area contributed by atoms with Crippen LogP contribution in [-0.4, -0.2) is 53.0 Å². The van der Waals surface area contributed by atoms with Gasteiger partial charge in [-0.2, -0.15) is 0 Å². The van der Waals surface area contributed by atoms with Gasteiger partial charge in [0.05, 0.1) is 26.9 Å². The molecule has 1 aromatic heterocycles. The van der Waals surface area contributed by atoms with Gasteiger partial charge in [-0.1, -0.05) is 66.7 Å². The number of aliphatic carboxylic acids is 1. The van der Waals surface area contributed by atoms with Crippen LogP contribution in [0.3, 0.4) is 0 Å². The Morgan fingerprint density at radius 1 is 0.870 bits per heavy atom. The van der Waals surface area contributed by atoms with E-state index in [0.29, 0.717) is 41.5 Å². The summed E-state index contributed by atoms with van der Waals surface area (Å²) >= 11 is 12.2. The van der Waals surface area contributed by atoms with E-state index in [1.54, 1.807) is 48.5 Å². The maximum Gasteiger partial charge on any atom is 0.326 e. The minimum atomic E-state index is -1.24. The fourth-order valence-electron chi connectivity index (χ4n) is 5.68. The Bertz CT molecular complexity index is 1550. The number of carbonyl (C=O) groups is 4. The molecule has 2 aromatic carbocycles. The average Bonchev–Trinajstić information content (AvgIpc) is 3.88. The lowest BCUT2D eigenvalue weighted by molar-refractivity contribution is -0.139. The fourth-order valence-corrected chi connectivity index (χ4v) is 6.22. The molecular formula is C34H37Cl2N5O5. The lowest BCUT2D eigenvalue weighted by Gasteiger charge is -2.27. The number of hydrogen-bond donors (Lipinski definition) is 4. The first kappa shape index (κ1) is 33.2. The number of urea groups is 1. The molecule has 4 N–H and O–H groups in total. The zero-order chi connectivity index (χ0) is 32.6. The average molecular weight is 667 g/mol. The number of amides is 4. The van der Waals surface area contributed by atoms with Crippen LogP contribution in [0, 0.1) is 11.8 Å². The third-order valence-corrected chi connectivity index (χ3v) is 9.00. The Labute approximate surface area is 277 Å². The van der Waals surface area contributed by atoms with E-state index in [1.165, 1.54) is 36.6 Å². The van der Waals surface area contributed by atoms with Gasteiger partial charge >= 0.3 is 12.0 Å². The van der Waals surface area contributed by atoms with E-state index in [0.717, 1.165) is 25.7 Å². The van der Waals surface area contributed by atoms with Crippen molar-refractivity contribution in [1.82, 2.24) is 15.6 Å². The van der Waals surface area contributed by atoms with E-state index in [2.05, 4.69) is 20.9 Å². The molecule has 46 heavy (non-hydrogen) atoms. The first-order valence-electron chi connectivity index (χ1n) is 15.6. The topological polar surface area (TPSA) is 141 Å². The van der Waals surface area contributed by atoms with Crippen LogP contribution in [0.1, 0.15) is 71.2 Å². The van der Waals surface area contributed by atoms with Crippen molar-refractivity contribution in [3.05, 3.63) is 87.7 Å². The Morgan fingerprint density at radius 2 is 1.54 bits per heavy atom. The highest BCUT2D eigenvalue weighted by Crippen LogP contribution is 2.33. The van der Waals surface area contributed by atoms with Crippen molar-refractivity contribution in [3.63, 3.8) is 0 Å². The van der Waals surface area contributed by atoms with Crippen molar-refractivity contribution in [2.75, 3.05) is 23.3 Å². The van der Waals surface area contributed by atoms with Gasteiger partial charge in [0.25, 0.3) is 11.8 Å². The number of carbonyl (C=O) groups excluding carboxylic acids is 3. The zero-order valence-electron chi connectivity index (χ0n) is 25.3. The summed E-state index contributed by atoms with van der Waals surface area (Å²) in [6.45, 7) is 0.974. The molecule has 0 spiro atoms. The van der Waals surface area contributed by atoms with Crippen molar-refractivity contribution >= 4 is 58.4 Å². The number of pyridine rings is 1. The number of nitrogens with one attached hydrogen (secondary N) is 3. The Hall–Kier alpha value is -4.15. The Balaban J connectivity index is 1.26. The number of benzene rings is 2. The first-order chi connectivity index (χ1) is 22.2. The summed E-state index contributed by atoms with van der Waals surface area (Å²) in [4.78, 5) is 57.4. The van der Waals surface area contributed by atoms with Crippen LogP contribution < -0.4 is 20.9 Å². The smallest absolute Gasteiger partial charge is 0.326 e. The molecule has 1 heterocycles. The number of halogens is 2. The molecular weight excluding hydrogens is 629 g/mol. The quantitative estimate of drug-likeness (QED) is 0.172. The highest BCUT2D eigenvalue weighted by Gasteiger charge is 2.32. The summed E-state index contributed by atoms with van der Waals surface area (Å²) in [5, 5.41) is 18.7. The molecule has 2 saturated carbocycles. The van der Waals surface area contributed by atoms with E-state index in [4.69, 9.17) is 23.2 Å². The molecule has 242 valence electrons. The lowest BCUT2D eigenvalue weighted by atomic mass is 9.89. The molecule has 2 fully saturated rings. The van der Waals surface area contributed by atoms with E-state index >= 15 is 0 Å². The van der Waals surface area contributed by atoms with Crippen molar-refractivity contribution < 1.29 is 24.3 Å². The molecule has 1 atom stereocenters. The standard InChI is InChI=1S/C34H37Cl2N5O5/c35-26-18-37-19-27(36)30(26)32(43)39-24-14-12-21(13-15-24)16-28(33(44)45)40-34(46)41(20-23-10-11-23)29-9-5-4-8-25(29)31(42)38-17-22-6-2-1-3-7-22/h4-5,8-9,12-15,18-19,22-23,28H,1-3,6-7,10-11,16-17,20H2,(H,38,42)(H,39,43)(H,40,46)(H,44,45). The summed E-state index contributed by atoms with van der Waals surface area (Å²) < 4.78 is 0. The fraction of sp³-hybridized carbons (Fsp3) is 0.382. The van der Waals surface area contributed by atoms with Gasteiger partial charge < -0.3 is 21.1 Å². The van der Waals surface area contributed by atoms with Crippen molar-refractivity contribution in [3.8, 4) is 0 Å². The maximum absolute atomic E-state index is 13.7. The predicted molar refractivity (Wildman–Crippen MR) is 178 cm³/mol. The SMILES string of the molecule is O=C(NCC1CCCCC1)c1ccccc1N(CC1CC1)C(=O)NC(Cc1ccc(NC(=O)c2c(Cl)cncc2Cl)cc1)C(=O)O. The third kappa shape index (κ3) is 8.76. The molecule has 4 amide bonds. The number of carboxylic acids is 1. The second-order valence-electron chi connectivity index (χ2n) is 12.0. The number of para-hydroxylation sites is 1. The highest BCUT2D eigenvalue weighted by atomic mass is 35.5. The first-order valence-corrected chi connectivity index (χ1v) is 16.3. The van der Waals surface area contributed by atoms with E-state index in [9.17, 15) is 24.3 Å². The molecule has 10 nitrogen and oxygen atoms in total. The molecule has 0 saturated heterocycles. The van der Waals surface area contributed by atoms with E-state index in [-0.39, 0.29) is 33.9 Å². The molecule has 3 aromatic rings. The molecule has 0 aliphatic heterocycles. The minimum Gasteiger partial charge on any atom is -0.480 e. The molecule has 12 heteroatoms.